The summed E-state index contributed by atoms with van der Waals surface area (Å²) in [5, 5.41) is 8.53. The molecule has 0 aliphatic carbocycles. The fourth-order valence-corrected chi connectivity index (χ4v) is 1.08. The number of aromatic nitrogens is 1. The standard InChI is InChI=1S/C9H9F2NO3/c1-15-7-3-2-5(9(10)11)12-6(7)4-8(13)14/h2-3,9H,4H2,1H3,(H,13,14). The molecule has 0 aliphatic rings. The van der Waals surface area contributed by atoms with E-state index in [4.69, 9.17) is 9.84 Å². The number of carboxylic acids is 1. The van der Waals surface area contributed by atoms with Gasteiger partial charge in [-0.05, 0) is 12.1 Å². The molecule has 6 heteroatoms. The molecule has 0 saturated carbocycles. The third-order valence-electron chi connectivity index (χ3n) is 1.72. The molecule has 1 aromatic heterocycles. The SMILES string of the molecule is COc1ccc(C(F)F)nc1CC(=O)O. The number of hydrogen-bond acceptors (Lipinski definition) is 3. The molecule has 0 unspecified atom stereocenters. The van der Waals surface area contributed by atoms with E-state index in [9.17, 15) is 13.6 Å². The van der Waals surface area contributed by atoms with E-state index in [0.717, 1.165) is 6.07 Å². The number of hydrogen-bond donors (Lipinski definition) is 1. The van der Waals surface area contributed by atoms with E-state index in [1.54, 1.807) is 0 Å². The Morgan fingerprint density at radius 3 is 2.73 bits per heavy atom. The first kappa shape index (κ1) is 11.4. The number of pyridine rings is 1. The van der Waals surface area contributed by atoms with E-state index in [0.29, 0.717) is 0 Å². The highest BCUT2D eigenvalue weighted by Crippen LogP contribution is 2.22. The van der Waals surface area contributed by atoms with Crippen molar-refractivity contribution in [3.63, 3.8) is 0 Å². The number of ether oxygens (including phenoxy) is 1. The van der Waals surface area contributed by atoms with Gasteiger partial charge >= 0.3 is 5.97 Å². The molecule has 1 rings (SSSR count). The van der Waals surface area contributed by atoms with Gasteiger partial charge in [-0.3, -0.25) is 4.79 Å². The first-order chi connectivity index (χ1) is 7.04. The van der Waals surface area contributed by atoms with Crippen LogP contribution >= 0.6 is 0 Å². The predicted molar refractivity (Wildman–Crippen MR) is 47.1 cm³/mol. The maximum atomic E-state index is 12.3. The summed E-state index contributed by atoms with van der Waals surface area (Å²) in [6.45, 7) is 0. The van der Waals surface area contributed by atoms with Crippen LogP contribution in [0.5, 0.6) is 5.75 Å². The largest absolute Gasteiger partial charge is 0.495 e. The predicted octanol–water partition coefficient (Wildman–Crippen LogP) is 1.65. The number of alkyl halides is 2. The molecule has 0 spiro atoms. The van der Waals surface area contributed by atoms with E-state index in [2.05, 4.69) is 4.98 Å². The lowest BCUT2D eigenvalue weighted by atomic mass is 10.2. The molecular weight excluding hydrogens is 208 g/mol. The topological polar surface area (TPSA) is 59.4 Å². The van der Waals surface area contributed by atoms with Crippen LogP contribution in [0.2, 0.25) is 0 Å². The molecule has 82 valence electrons. The molecule has 0 aromatic carbocycles. The average Bonchev–Trinajstić information content (AvgIpc) is 2.16. The lowest BCUT2D eigenvalue weighted by Gasteiger charge is -2.07. The summed E-state index contributed by atoms with van der Waals surface area (Å²) in [5.41, 5.74) is -0.449. The number of carbonyl (C=O) groups is 1. The second-order valence-electron chi connectivity index (χ2n) is 2.76. The number of carboxylic acid groups (broad SMARTS) is 1. The summed E-state index contributed by atoms with van der Waals surface area (Å²) >= 11 is 0. The van der Waals surface area contributed by atoms with Gasteiger partial charge in [0.1, 0.15) is 11.4 Å². The summed E-state index contributed by atoms with van der Waals surface area (Å²) in [5.74, 6) is -0.950. The summed E-state index contributed by atoms with van der Waals surface area (Å²) in [7, 11) is 1.32. The summed E-state index contributed by atoms with van der Waals surface area (Å²) in [4.78, 5) is 14.0. The maximum absolute atomic E-state index is 12.3. The van der Waals surface area contributed by atoms with Crippen molar-refractivity contribution in [2.75, 3.05) is 7.11 Å². The summed E-state index contributed by atoms with van der Waals surface area (Å²) < 4.78 is 29.3. The van der Waals surface area contributed by atoms with Crippen molar-refractivity contribution in [3.05, 3.63) is 23.5 Å². The van der Waals surface area contributed by atoms with Gasteiger partial charge in [0.25, 0.3) is 6.43 Å². The van der Waals surface area contributed by atoms with Crippen LogP contribution in [0.25, 0.3) is 0 Å². The van der Waals surface area contributed by atoms with Gasteiger partial charge in [0.05, 0.1) is 19.2 Å². The van der Waals surface area contributed by atoms with Gasteiger partial charge in [-0.2, -0.15) is 0 Å². The molecule has 1 N–H and O–H groups in total. The van der Waals surface area contributed by atoms with Crippen LogP contribution in [0.3, 0.4) is 0 Å². The van der Waals surface area contributed by atoms with Gasteiger partial charge in [0, 0.05) is 0 Å². The Hall–Kier alpha value is -1.72. The van der Waals surface area contributed by atoms with E-state index < -0.39 is 24.5 Å². The quantitative estimate of drug-likeness (QED) is 0.833. The Balaban J connectivity index is 3.07. The first-order valence-electron chi connectivity index (χ1n) is 4.08. The zero-order valence-electron chi connectivity index (χ0n) is 7.91. The van der Waals surface area contributed by atoms with Crippen LogP contribution in [0, 0.1) is 0 Å². The van der Waals surface area contributed by atoms with Crippen molar-refractivity contribution in [2.24, 2.45) is 0 Å². The molecule has 1 aromatic rings. The smallest absolute Gasteiger partial charge is 0.309 e. The van der Waals surface area contributed by atoms with Crippen molar-refractivity contribution >= 4 is 5.97 Å². The molecular formula is C9H9F2NO3. The van der Waals surface area contributed by atoms with Gasteiger partial charge in [-0.25, -0.2) is 13.8 Å². The minimum atomic E-state index is -2.72. The third kappa shape index (κ3) is 2.87. The van der Waals surface area contributed by atoms with Crippen LogP contribution in [0.1, 0.15) is 17.8 Å². The highest BCUT2D eigenvalue weighted by molar-refractivity contribution is 5.70. The van der Waals surface area contributed by atoms with Gasteiger partial charge in [0.15, 0.2) is 0 Å². The zero-order valence-corrected chi connectivity index (χ0v) is 7.91. The fourth-order valence-electron chi connectivity index (χ4n) is 1.08. The number of nitrogens with zero attached hydrogens (tertiary/aromatic N) is 1. The second-order valence-corrected chi connectivity index (χ2v) is 2.76. The second kappa shape index (κ2) is 4.68. The van der Waals surface area contributed by atoms with Gasteiger partial charge in [0.2, 0.25) is 0 Å². The van der Waals surface area contributed by atoms with E-state index in [-0.39, 0.29) is 11.4 Å². The van der Waals surface area contributed by atoms with E-state index in [1.807, 2.05) is 0 Å². The summed E-state index contributed by atoms with van der Waals surface area (Å²) in [6.07, 6.45) is -3.16. The number of rotatable bonds is 4. The molecule has 15 heavy (non-hydrogen) atoms. The average molecular weight is 217 g/mol. The van der Waals surface area contributed by atoms with Crippen molar-refractivity contribution in [1.82, 2.24) is 4.98 Å². The first-order valence-corrected chi connectivity index (χ1v) is 4.08. The summed E-state index contributed by atoms with van der Waals surface area (Å²) in [6, 6.07) is 2.39. The van der Waals surface area contributed by atoms with E-state index in [1.165, 1.54) is 13.2 Å². The Kier molecular flexibility index (Phi) is 3.54. The van der Waals surface area contributed by atoms with Crippen molar-refractivity contribution in [1.29, 1.82) is 0 Å². The molecule has 0 fully saturated rings. The minimum Gasteiger partial charge on any atom is -0.495 e. The zero-order chi connectivity index (χ0) is 11.4. The lowest BCUT2D eigenvalue weighted by molar-refractivity contribution is -0.136. The normalized spacial score (nSPS) is 10.4. The van der Waals surface area contributed by atoms with Gasteiger partial charge in [-0.1, -0.05) is 0 Å². The highest BCUT2D eigenvalue weighted by Gasteiger charge is 2.14. The number of methoxy groups -OCH3 is 1. The maximum Gasteiger partial charge on any atom is 0.309 e. The Morgan fingerprint density at radius 2 is 2.27 bits per heavy atom. The highest BCUT2D eigenvalue weighted by atomic mass is 19.3. The number of aliphatic carboxylic acids is 1. The number of halogens is 2. The molecule has 0 saturated heterocycles. The van der Waals surface area contributed by atoms with Crippen molar-refractivity contribution in [3.8, 4) is 5.75 Å². The molecule has 0 bridgehead atoms. The Bertz CT molecular complexity index is 368. The molecule has 0 atom stereocenters. The monoisotopic (exact) mass is 217 g/mol. The fraction of sp³-hybridized carbons (Fsp3) is 0.333. The van der Waals surface area contributed by atoms with Crippen molar-refractivity contribution in [2.45, 2.75) is 12.8 Å². The molecule has 0 aliphatic heterocycles. The molecule has 0 radical (unpaired) electrons. The molecule has 0 amide bonds. The van der Waals surface area contributed by atoms with Crippen LogP contribution in [-0.2, 0) is 11.2 Å². The van der Waals surface area contributed by atoms with Crippen LogP contribution < -0.4 is 4.74 Å². The van der Waals surface area contributed by atoms with E-state index >= 15 is 0 Å². The Labute approximate surface area is 84.5 Å². The van der Waals surface area contributed by atoms with Gasteiger partial charge in [-0.15, -0.1) is 0 Å². The van der Waals surface area contributed by atoms with Crippen molar-refractivity contribution < 1.29 is 23.4 Å². The van der Waals surface area contributed by atoms with Crippen LogP contribution in [0.15, 0.2) is 12.1 Å². The minimum absolute atomic E-state index is 0.00259. The lowest BCUT2D eigenvalue weighted by Crippen LogP contribution is -2.06. The Morgan fingerprint density at radius 1 is 1.60 bits per heavy atom. The van der Waals surface area contributed by atoms with Crippen LogP contribution in [0.4, 0.5) is 8.78 Å². The van der Waals surface area contributed by atoms with Crippen LogP contribution in [-0.4, -0.2) is 23.2 Å². The molecule has 4 nitrogen and oxygen atoms in total. The van der Waals surface area contributed by atoms with Gasteiger partial charge < -0.3 is 9.84 Å². The third-order valence-corrected chi connectivity index (χ3v) is 1.72. The molecule has 1 heterocycles.